The van der Waals surface area contributed by atoms with Crippen molar-refractivity contribution in [1.82, 2.24) is 4.98 Å². The number of phenols is 1. The van der Waals surface area contributed by atoms with Crippen LogP contribution in [0.25, 0.3) is 11.0 Å². The SMILES string of the molecule is CCc1c(Cc2ccnc(Cl)c2F)c(=O)oc2cc(O)ccc12. The van der Waals surface area contributed by atoms with Crippen molar-refractivity contribution < 1.29 is 13.9 Å². The predicted octanol–water partition coefficient (Wildman–Crippen LogP) is 3.84. The molecule has 23 heavy (non-hydrogen) atoms. The van der Waals surface area contributed by atoms with Crippen molar-refractivity contribution in [3.8, 4) is 5.75 Å². The van der Waals surface area contributed by atoms with Gasteiger partial charge in [-0.2, -0.15) is 0 Å². The van der Waals surface area contributed by atoms with Gasteiger partial charge in [-0.05, 0) is 35.7 Å². The molecule has 0 fully saturated rings. The van der Waals surface area contributed by atoms with Gasteiger partial charge in [0.1, 0.15) is 11.3 Å². The molecule has 0 aliphatic rings. The third-order valence-electron chi connectivity index (χ3n) is 3.75. The summed E-state index contributed by atoms with van der Waals surface area (Å²) in [6.45, 7) is 1.90. The highest BCUT2D eigenvalue weighted by Crippen LogP contribution is 2.26. The summed E-state index contributed by atoms with van der Waals surface area (Å²) in [7, 11) is 0. The van der Waals surface area contributed by atoms with Crippen molar-refractivity contribution in [2.45, 2.75) is 19.8 Å². The van der Waals surface area contributed by atoms with E-state index in [1.54, 1.807) is 6.07 Å². The molecule has 0 saturated heterocycles. The lowest BCUT2D eigenvalue weighted by atomic mass is 9.97. The largest absolute Gasteiger partial charge is 0.508 e. The summed E-state index contributed by atoms with van der Waals surface area (Å²) in [4.78, 5) is 16.0. The Morgan fingerprint density at radius 1 is 1.30 bits per heavy atom. The number of fused-ring (bicyclic) bond motifs is 1. The molecule has 0 aliphatic carbocycles. The van der Waals surface area contributed by atoms with Crippen LogP contribution in [0, 0.1) is 5.82 Å². The third-order valence-corrected chi connectivity index (χ3v) is 4.01. The number of pyridine rings is 1. The lowest BCUT2D eigenvalue weighted by Crippen LogP contribution is -2.13. The number of benzene rings is 1. The van der Waals surface area contributed by atoms with E-state index in [9.17, 15) is 14.3 Å². The number of hydrogen-bond acceptors (Lipinski definition) is 4. The van der Waals surface area contributed by atoms with Gasteiger partial charge in [0, 0.05) is 29.6 Å². The second kappa shape index (κ2) is 6.01. The Bertz CT molecular complexity index is 952. The maximum Gasteiger partial charge on any atom is 0.340 e. The number of hydrogen-bond donors (Lipinski definition) is 1. The molecule has 6 heteroatoms. The van der Waals surface area contributed by atoms with Crippen LogP contribution in [0.1, 0.15) is 23.6 Å². The standard InChI is InChI=1S/C17H13ClFNO3/c1-2-11-12-4-3-10(21)8-14(12)23-17(22)13(11)7-9-5-6-20-16(18)15(9)19/h3-6,8,21H,2,7H2,1H3. The molecule has 0 atom stereocenters. The predicted molar refractivity (Wildman–Crippen MR) is 85.5 cm³/mol. The average Bonchev–Trinajstić information content (AvgIpc) is 2.52. The van der Waals surface area contributed by atoms with Gasteiger partial charge in [0.2, 0.25) is 0 Å². The topological polar surface area (TPSA) is 63.3 Å². The summed E-state index contributed by atoms with van der Waals surface area (Å²) in [5, 5.41) is 10.0. The van der Waals surface area contributed by atoms with E-state index in [4.69, 9.17) is 16.0 Å². The lowest BCUT2D eigenvalue weighted by Gasteiger charge is -2.11. The normalized spacial score (nSPS) is 11.1. The molecule has 3 rings (SSSR count). The molecule has 2 heterocycles. The minimum Gasteiger partial charge on any atom is -0.508 e. The summed E-state index contributed by atoms with van der Waals surface area (Å²) in [6, 6.07) is 6.09. The van der Waals surface area contributed by atoms with Crippen LogP contribution in [-0.2, 0) is 12.8 Å². The Morgan fingerprint density at radius 3 is 2.83 bits per heavy atom. The van der Waals surface area contributed by atoms with Crippen molar-refractivity contribution in [3.63, 3.8) is 0 Å². The first-order valence-electron chi connectivity index (χ1n) is 7.07. The van der Waals surface area contributed by atoms with Gasteiger partial charge < -0.3 is 9.52 Å². The van der Waals surface area contributed by atoms with Gasteiger partial charge in [-0.25, -0.2) is 14.2 Å². The van der Waals surface area contributed by atoms with Crippen molar-refractivity contribution in [2.75, 3.05) is 0 Å². The van der Waals surface area contributed by atoms with Crippen LogP contribution >= 0.6 is 11.6 Å². The van der Waals surface area contributed by atoms with E-state index >= 15 is 0 Å². The van der Waals surface area contributed by atoms with E-state index in [0.29, 0.717) is 17.6 Å². The zero-order valence-electron chi connectivity index (χ0n) is 12.3. The molecule has 0 radical (unpaired) electrons. The van der Waals surface area contributed by atoms with Crippen LogP contribution in [0.15, 0.2) is 39.7 Å². The summed E-state index contributed by atoms with van der Waals surface area (Å²) >= 11 is 5.69. The highest BCUT2D eigenvalue weighted by atomic mass is 35.5. The van der Waals surface area contributed by atoms with E-state index in [1.165, 1.54) is 24.4 Å². The van der Waals surface area contributed by atoms with Crippen molar-refractivity contribution in [1.29, 1.82) is 0 Å². The Hall–Kier alpha value is -2.40. The smallest absolute Gasteiger partial charge is 0.340 e. The van der Waals surface area contributed by atoms with Gasteiger partial charge in [-0.15, -0.1) is 0 Å². The van der Waals surface area contributed by atoms with E-state index in [2.05, 4.69) is 4.98 Å². The average molecular weight is 334 g/mol. The summed E-state index contributed by atoms with van der Waals surface area (Å²) < 4.78 is 19.3. The molecule has 2 aromatic heterocycles. The van der Waals surface area contributed by atoms with Crippen molar-refractivity contribution in [2.24, 2.45) is 0 Å². The number of halogens is 2. The molecule has 118 valence electrons. The van der Waals surface area contributed by atoms with E-state index in [-0.39, 0.29) is 22.9 Å². The summed E-state index contributed by atoms with van der Waals surface area (Å²) in [5.74, 6) is -0.621. The van der Waals surface area contributed by atoms with Crippen molar-refractivity contribution >= 4 is 22.6 Å². The fraction of sp³-hybridized carbons (Fsp3) is 0.176. The highest BCUT2D eigenvalue weighted by Gasteiger charge is 2.17. The molecular formula is C17H13ClFNO3. The maximum absolute atomic E-state index is 14.1. The molecule has 0 spiro atoms. The molecule has 3 aromatic rings. The minimum absolute atomic E-state index is 0.0161. The van der Waals surface area contributed by atoms with Crippen molar-refractivity contribution in [3.05, 3.63) is 68.5 Å². The summed E-state index contributed by atoms with van der Waals surface area (Å²) in [6.07, 6.45) is 2.03. The monoisotopic (exact) mass is 333 g/mol. The van der Waals surface area contributed by atoms with Gasteiger partial charge in [-0.3, -0.25) is 0 Å². The van der Waals surface area contributed by atoms with Crippen LogP contribution < -0.4 is 5.63 Å². The molecule has 1 N–H and O–H groups in total. The second-order valence-electron chi connectivity index (χ2n) is 5.13. The first-order valence-corrected chi connectivity index (χ1v) is 7.45. The molecule has 0 bridgehead atoms. The quantitative estimate of drug-likeness (QED) is 0.584. The number of phenolic OH excluding ortho intramolecular Hbond substituents is 1. The Morgan fingerprint density at radius 2 is 2.09 bits per heavy atom. The second-order valence-corrected chi connectivity index (χ2v) is 5.49. The molecule has 0 amide bonds. The molecule has 0 saturated carbocycles. The highest BCUT2D eigenvalue weighted by molar-refractivity contribution is 6.29. The first kappa shape index (κ1) is 15.5. The number of rotatable bonds is 3. The molecule has 1 aromatic carbocycles. The zero-order chi connectivity index (χ0) is 16.6. The number of aryl methyl sites for hydroxylation is 1. The number of aromatic hydroxyl groups is 1. The zero-order valence-corrected chi connectivity index (χ0v) is 13.0. The lowest BCUT2D eigenvalue weighted by molar-refractivity contribution is 0.472. The van der Waals surface area contributed by atoms with Crippen LogP contribution in [0.4, 0.5) is 4.39 Å². The Balaban J connectivity index is 2.21. The van der Waals surface area contributed by atoms with Gasteiger partial charge in [0.05, 0.1) is 0 Å². The molecule has 0 aliphatic heterocycles. The number of nitrogens with zero attached hydrogens (tertiary/aromatic N) is 1. The third kappa shape index (κ3) is 2.80. The van der Waals surface area contributed by atoms with Crippen LogP contribution in [0.3, 0.4) is 0 Å². The molecule has 4 nitrogen and oxygen atoms in total. The molecular weight excluding hydrogens is 321 g/mol. The molecule has 0 unspecified atom stereocenters. The van der Waals surface area contributed by atoms with Gasteiger partial charge in [-0.1, -0.05) is 18.5 Å². The van der Waals surface area contributed by atoms with Crippen LogP contribution in [-0.4, -0.2) is 10.1 Å². The van der Waals surface area contributed by atoms with Gasteiger partial charge >= 0.3 is 5.63 Å². The Labute approximate surface area is 136 Å². The number of aromatic nitrogens is 1. The van der Waals surface area contributed by atoms with Crippen LogP contribution in [0.5, 0.6) is 5.75 Å². The van der Waals surface area contributed by atoms with Gasteiger partial charge in [0.15, 0.2) is 11.0 Å². The van der Waals surface area contributed by atoms with E-state index in [0.717, 1.165) is 10.9 Å². The minimum atomic E-state index is -0.638. The van der Waals surface area contributed by atoms with Crippen LogP contribution in [0.2, 0.25) is 5.15 Å². The fourth-order valence-corrected chi connectivity index (χ4v) is 2.83. The summed E-state index contributed by atoms with van der Waals surface area (Å²) in [5.41, 5.74) is 1.19. The fourth-order valence-electron chi connectivity index (χ4n) is 2.66. The van der Waals surface area contributed by atoms with E-state index < -0.39 is 11.4 Å². The maximum atomic E-state index is 14.1. The Kier molecular flexibility index (Phi) is 4.05. The van der Waals surface area contributed by atoms with E-state index in [1.807, 2.05) is 6.92 Å². The van der Waals surface area contributed by atoms with Gasteiger partial charge in [0.25, 0.3) is 0 Å². The first-order chi connectivity index (χ1) is 11.0.